The number of fused-ring (bicyclic) bond motifs is 1. The molecule has 5 nitrogen and oxygen atoms in total. The molecular formula is C23H30F2N2O3S. The predicted molar refractivity (Wildman–Crippen MR) is 117 cm³/mol. The van der Waals surface area contributed by atoms with Crippen LogP contribution >= 0.6 is 0 Å². The molecule has 0 amide bonds. The lowest BCUT2D eigenvalue weighted by molar-refractivity contribution is 0.112. The maximum atomic E-state index is 13.6. The maximum absolute atomic E-state index is 13.6. The molecule has 0 heterocycles. The molecule has 0 saturated carbocycles. The van der Waals surface area contributed by atoms with Crippen LogP contribution in [-0.4, -0.2) is 31.9 Å². The Morgan fingerprint density at radius 2 is 1.87 bits per heavy atom. The Bertz CT molecular complexity index is 994. The van der Waals surface area contributed by atoms with Gasteiger partial charge in [-0.1, -0.05) is 25.1 Å². The van der Waals surface area contributed by atoms with Crippen molar-refractivity contribution in [2.75, 3.05) is 12.3 Å². The number of hydrogen-bond acceptors (Lipinski definition) is 4. The van der Waals surface area contributed by atoms with Crippen LogP contribution in [0.3, 0.4) is 0 Å². The van der Waals surface area contributed by atoms with E-state index < -0.39 is 39.4 Å². The number of benzene rings is 2. The molecule has 170 valence electrons. The number of aliphatic hydroxyl groups excluding tert-OH is 1. The molecule has 1 aliphatic carbocycles. The summed E-state index contributed by atoms with van der Waals surface area (Å²) in [5, 5.41) is 19.4. The van der Waals surface area contributed by atoms with Gasteiger partial charge in [0.2, 0.25) is 10.0 Å². The Labute approximate surface area is 182 Å². The van der Waals surface area contributed by atoms with Gasteiger partial charge >= 0.3 is 0 Å². The lowest BCUT2D eigenvalue weighted by Crippen LogP contribution is -2.40. The van der Waals surface area contributed by atoms with Gasteiger partial charge in [-0.05, 0) is 66.5 Å². The van der Waals surface area contributed by atoms with E-state index in [-0.39, 0.29) is 24.6 Å². The zero-order chi connectivity index (χ0) is 22.6. The smallest absolute Gasteiger partial charge is 0.209 e. The number of aliphatic hydroxyl groups is 1. The van der Waals surface area contributed by atoms with Crippen LogP contribution in [0.2, 0.25) is 0 Å². The van der Waals surface area contributed by atoms with E-state index in [1.165, 1.54) is 16.7 Å². The van der Waals surface area contributed by atoms with Crippen molar-refractivity contribution in [2.45, 2.75) is 51.2 Å². The standard InChI is InChI=1S/C23H30F2N2O3S/c1-2-15-6-7-17-4-3-5-22(21(17)11-15)27-13-23(28)18(14-31(26,29)30)8-16-9-19(24)12-20(25)10-16/h6-7,9-12,18,22-23,27-28H,2-5,8,13-14H2,1H3,(H2,26,29,30). The number of rotatable bonds is 9. The normalized spacial score (nSPS) is 18.4. The zero-order valence-electron chi connectivity index (χ0n) is 17.7. The number of aryl methyl sites for hydroxylation is 2. The third-order valence-electron chi connectivity index (χ3n) is 5.92. The molecule has 8 heteroatoms. The number of sulfonamides is 1. The average molecular weight is 453 g/mol. The minimum absolute atomic E-state index is 0.00477. The highest BCUT2D eigenvalue weighted by Gasteiger charge is 2.27. The summed E-state index contributed by atoms with van der Waals surface area (Å²) in [6.45, 7) is 2.25. The van der Waals surface area contributed by atoms with Gasteiger partial charge in [0.15, 0.2) is 0 Å². The van der Waals surface area contributed by atoms with Gasteiger partial charge in [-0.15, -0.1) is 0 Å². The van der Waals surface area contributed by atoms with Crippen molar-refractivity contribution in [2.24, 2.45) is 11.1 Å². The monoisotopic (exact) mass is 452 g/mol. The van der Waals surface area contributed by atoms with E-state index >= 15 is 0 Å². The van der Waals surface area contributed by atoms with Crippen LogP contribution < -0.4 is 10.5 Å². The molecule has 31 heavy (non-hydrogen) atoms. The van der Waals surface area contributed by atoms with Crippen LogP contribution in [-0.2, 0) is 29.3 Å². The van der Waals surface area contributed by atoms with Crippen molar-refractivity contribution in [1.82, 2.24) is 5.32 Å². The fourth-order valence-corrected chi connectivity index (χ4v) is 5.28. The van der Waals surface area contributed by atoms with Crippen molar-refractivity contribution in [3.05, 3.63) is 70.3 Å². The van der Waals surface area contributed by atoms with Crippen LogP contribution in [0.1, 0.15) is 48.1 Å². The van der Waals surface area contributed by atoms with Gasteiger partial charge in [0.1, 0.15) is 11.6 Å². The van der Waals surface area contributed by atoms with Gasteiger partial charge in [0, 0.05) is 24.6 Å². The van der Waals surface area contributed by atoms with Crippen molar-refractivity contribution < 1.29 is 22.3 Å². The van der Waals surface area contributed by atoms with Gasteiger partial charge in [0.25, 0.3) is 0 Å². The first kappa shape index (κ1) is 23.8. The Hall–Kier alpha value is -1.87. The summed E-state index contributed by atoms with van der Waals surface area (Å²) in [5.41, 5.74) is 4.02. The topological polar surface area (TPSA) is 92.4 Å². The quantitative estimate of drug-likeness (QED) is 0.545. The Morgan fingerprint density at radius 3 is 2.52 bits per heavy atom. The SMILES string of the molecule is CCc1ccc2c(c1)C(NCC(O)C(Cc1cc(F)cc(F)c1)CS(N)(=O)=O)CCC2. The number of hydrogen-bond donors (Lipinski definition) is 3. The van der Waals surface area contributed by atoms with E-state index in [1.54, 1.807) is 0 Å². The lowest BCUT2D eigenvalue weighted by Gasteiger charge is -2.30. The van der Waals surface area contributed by atoms with E-state index in [1.807, 2.05) is 0 Å². The molecule has 2 aromatic rings. The fourth-order valence-electron chi connectivity index (χ4n) is 4.35. The summed E-state index contributed by atoms with van der Waals surface area (Å²) in [5.74, 6) is -2.77. The van der Waals surface area contributed by atoms with Crippen molar-refractivity contribution in [3.8, 4) is 0 Å². The summed E-state index contributed by atoms with van der Waals surface area (Å²) in [4.78, 5) is 0. The van der Waals surface area contributed by atoms with E-state index in [9.17, 15) is 22.3 Å². The van der Waals surface area contributed by atoms with Crippen molar-refractivity contribution in [3.63, 3.8) is 0 Å². The summed E-state index contributed by atoms with van der Waals surface area (Å²) >= 11 is 0. The van der Waals surface area contributed by atoms with Crippen LogP contribution in [0.25, 0.3) is 0 Å². The zero-order valence-corrected chi connectivity index (χ0v) is 18.5. The molecule has 4 N–H and O–H groups in total. The second-order valence-corrected chi connectivity index (χ2v) is 10.0. The third-order valence-corrected chi connectivity index (χ3v) is 6.81. The maximum Gasteiger partial charge on any atom is 0.209 e. The van der Waals surface area contributed by atoms with Gasteiger partial charge in [0.05, 0.1) is 11.9 Å². The van der Waals surface area contributed by atoms with Gasteiger partial charge < -0.3 is 10.4 Å². The number of primary sulfonamides is 1. The average Bonchev–Trinajstić information content (AvgIpc) is 2.69. The largest absolute Gasteiger partial charge is 0.391 e. The molecule has 0 radical (unpaired) electrons. The fraction of sp³-hybridized carbons (Fsp3) is 0.478. The first-order chi connectivity index (χ1) is 14.6. The van der Waals surface area contributed by atoms with Crippen LogP contribution in [0.4, 0.5) is 8.78 Å². The molecule has 3 atom stereocenters. The van der Waals surface area contributed by atoms with Crippen LogP contribution in [0, 0.1) is 17.6 Å². The Kier molecular flexibility index (Phi) is 7.80. The van der Waals surface area contributed by atoms with Crippen LogP contribution in [0.5, 0.6) is 0 Å². The number of halogens is 2. The number of nitrogens with two attached hydrogens (primary N) is 1. The highest BCUT2D eigenvalue weighted by atomic mass is 32.2. The molecule has 0 aliphatic heterocycles. The second-order valence-electron chi connectivity index (χ2n) is 8.38. The molecule has 3 rings (SSSR count). The minimum atomic E-state index is -3.88. The first-order valence-corrected chi connectivity index (χ1v) is 12.3. The summed E-state index contributed by atoms with van der Waals surface area (Å²) < 4.78 is 50.5. The van der Waals surface area contributed by atoms with Crippen LogP contribution in [0.15, 0.2) is 36.4 Å². The summed E-state index contributed by atoms with van der Waals surface area (Å²) in [7, 11) is -3.88. The molecule has 0 saturated heterocycles. The molecule has 0 aromatic heterocycles. The molecule has 0 spiro atoms. The van der Waals surface area contributed by atoms with Crippen molar-refractivity contribution >= 4 is 10.0 Å². The van der Waals surface area contributed by atoms with E-state index in [0.29, 0.717) is 0 Å². The van der Waals surface area contributed by atoms with Gasteiger partial charge in [-0.25, -0.2) is 22.3 Å². The Balaban J connectivity index is 1.73. The van der Waals surface area contributed by atoms with Gasteiger partial charge in [-0.2, -0.15) is 0 Å². The molecule has 3 unspecified atom stereocenters. The third kappa shape index (κ3) is 6.80. The minimum Gasteiger partial charge on any atom is -0.391 e. The van der Waals surface area contributed by atoms with E-state index in [2.05, 4.69) is 30.4 Å². The van der Waals surface area contributed by atoms with Crippen molar-refractivity contribution in [1.29, 1.82) is 0 Å². The first-order valence-electron chi connectivity index (χ1n) is 10.6. The lowest BCUT2D eigenvalue weighted by atomic mass is 9.86. The molecule has 0 fully saturated rings. The molecule has 2 aromatic carbocycles. The second kappa shape index (κ2) is 10.2. The van der Waals surface area contributed by atoms with Gasteiger partial charge in [-0.3, -0.25) is 0 Å². The number of nitrogens with one attached hydrogen (secondary N) is 1. The summed E-state index contributed by atoms with van der Waals surface area (Å²) in [6.07, 6.45) is 2.83. The highest BCUT2D eigenvalue weighted by molar-refractivity contribution is 7.89. The highest BCUT2D eigenvalue weighted by Crippen LogP contribution is 2.31. The molecule has 1 aliphatic rings. The summed E-state index contributed by atoms with van der Waals surface area (Å²) in [6, 6.07) is 9.58. The van der Waals surface area contributed by atoms with E-state index in [4.69, 9.17) is 5.14 Å². The molecular weight excluding hydrogens is 422 g/mol. The molecule has 0 bridgehead atoms. The predicted octanol–water partition coefficient (Wildman–Crippen LogP) is 3.00. The van der Waals surface area contributed by atoms with E-state index in [0.717, 1.165) is 43.9 Å². The Morgan fingerprint density at radius 1 is 1.16 bits per heavy atom.